The highest BCUT2D eigenvalue weighted by Crippen LogP contribution is 2.23. The molecule has 0 aliphatic heterocycles. The monoisotopic (exact) mass is 340 g/mol. The van der Waals surface area contributed by atoms with Crippen LogP contribution in [0.3, 0.4) is 0 Å². The van der Waals surface area contributed by atoms with Crippen molar-refractivity contribution < 1.29 is 9.18 Å². The number of halogens is 2. The van der Waals surface area contributed by atoms with Gasteiger partial charge in [-0.1, -0.05) is 26.0 Å². The van der Waals surface area contributed by atoms with Crippen LogP contribution >= 0.6 is 12.4 Å². The molecule has 0 saturated heterocycles. The van der Waals surface area contributed by atoms with Crippen LogP contribution in [-0.2, 0) is 0 Å². The van der Waals surface area contributed by atoms with E-state index in [9.17, 15) is 9.18 Å². The van der Waals surface area contributed by atoms with Gasteiger partial charge in [0.15, 0.2) is 0 Å². The maximum Gasteiger partial charge on any atom is 0.255 e. The molecule has 1 amide bonds. The van der Waals surface area contributed by atoms with Crippen molar-refractivity contribution in [1.29, 1.82) is 0 Å². The Kier molecular flexibility index (Phi) is 6.72. The third-order valence-electron chi connectivity index (χ3n) is 4.04. The lowest BCUT2D eigenvalue weighted by Crippen LogP contribution is -2.49. The second-order valence-electron chi connectivity index (χ2n) is 5.39. The van der Waals surface area contributed by atoms with Crippen LogP contribution in [0.4, 0.5) is 4.39 Å². The fraction of sp³-hybridized carbons (Fsp3) is 0.375. The zero-order valence-corrected chi connectivity index (χ0v) is 14.0. The maximum absolute atomic E-state index is 13.9. The number of nitrogens with zero attached hydrogens (tertiary/aromatic N) is 1. The number of aromatic amines is 1. The molecule has 0 radical (unpaired) electrons. The number of aromatic nitrogens is 2. The van der Waals surface area contributed by atoms with Gasteiger partial charge in [-0.05, 0) is 25.0 Å². The molecule has 4 N–H and O–H groups in total. The number of benzene rings is 1. The van der Waals surface area contributed by atoms with Crippen molar-refractivity contribution in [3.05, 3.63) is 41.8 Å². The number of nitrogens with one attached hydrogen (secondary N) is 2. The number of hydrogen-bond donors (Lipinski definition) is 3. The summed E-state index contributed by atoms with van der Waals surface area (Å²) in [5.41, 5.74) is 6.73. The zero-order valence-electron chi connectivity index (χ0n) is 13.2. The first-order valence-corrected chi connectivity index (χ1v) is 7.36. The van der Waals surface area contributed by atoms with Gasteiger partial charge in [-0.2, -0.15) is 5.10 Å². The van der Waals surface area contributed by atoms with E-state index < -0.39 is 11.4 Å². The van der Waals surface area contributed by atoms with Crippen LogP contribution in [0.15, 0.2) is 30.5 Å². The molecule has 23 heavy (non-hydrogen) atoms. The van der Waals surface area contributed by atoms with Gasteiger partial charge in [-0.15, -0.1) is 12.4 Å². The Morgan fingerprint density at radius 1 is 1.35 bits per heavy atom. The fourth-order valence-corrected chi connectivity index (χ4v) is 2.18. The van der Waals surface area contributed by atoms with E-state index in [4.69, 9.17) is 5.73 Å². The summed E-state index contributed by atoms with van der Waals surface area (Å²) < 4.78 is 13.9. The normalized spacial score (nSPS) is 11.0. The predicted molar refractivity (Wildman–Crippen MR) is 91.1 cm³/mol. The Balaban J connectivity index is 0.00000264. The summed E-state index contributed by atoms with van der Waals surface area (Å²) in [5.74, 6) is -0.722. The molecule has 0 fully saturated rings. The smallest absolute Gasteiger partial charge is 0.255 e. The van der Waals surface area contributed by atoms with Crippen LogP contribution in [0.1, 0.15) is 37.0 Å². The Morgan fingerprint density at radius 3 is 2.61 bits per heavy atom. The van der Waals surface area contributed by atoms with E-state index >= 15 is 0 Å². The number of H-pyrrole nitrogens is 1. The van der Waals surface area contributed by atoms with Crippen molar-refractivity contribution >= 4 is 18.3 Å². The molecule has 2 rings (SSSR count). The molecule has 0 aliphatic carbocycles. The van der Waals surface area contributed by atoms with Gasteiger partial charge in [0.05, 0.1) is 17.5 Å². The predicted octanol–water partition coefficient (Wildman–Crippen LogP) is 2.88. The topological polar surface area (TPSA) is 83.8 Å². The van der Waals surface area contributed by atoms with Crippen molar-refractivity contribution in [3.8, 4) is 11.3 Å². The molecule has 5 nitrogen and oxygen atoms in total. The highest BCUT2D eigenvalue weighted by Gasteiger charge is 2.23. The average Bonchev–Trinajstić information content (AvgIpc) is 3.02. The lowest BCUT2D eigenvalue weighted by Gasteiger charge is -2.26. The van der Waals surface area contributed by atoms with E-state index in [0.717, 1.165) is 12.8 Å². The molecule has 7 heteroatoms. The van der Waals surface area contributed by atoms with Crippen molar-refractivity contribution in [2.45, 2.75) is 32.2 Å². The highest BCUT2D eigenvalue weighted by molar-refractivity contribution is 5.99. The molecule has 126 valence electrons. The minimum atomic E-state index is -0.433. The molecule has 0 atom stereocenters. The molecule has 0 saturated carbocycles. The summed E-state index contributed by atoms with van der Waals surface area (Å²) in [7, 11) is 0. The van der Waals surface area contributed by atoms with Crippen LogP contribution in [0.25, 0.3) is 11.3 Å². The second kappa shape index (κ2) is 8.08. The quantitative estimate of drug-likeness (QED) is 0.756. The van der Waals surface area contributed by atoms with Crippen molar-refractivity contribution in [2.24, 2.45) is 5.73 Å². The fourth-order valence-electron chi connectivity index (χ4n) is 2.18. The summed E-state index contributed by atoms with van der Waals surface area (Å²) in [6.07, 6.45) is 2.91. The van der Waals surface area contributed by atoms with E-state index in [2.05, 4.69) is 15.5 Å². The molecule has 0 spiro atoms. The zero-order chi connectivity index (χ0) is 16.2. The first kappa shape index (κ1) is 19.1. The van der Waals surface area contributed by atoms with Gasteiger partial charge < -0.3 is 11.1 Å². The summed E-state index contributed by atoms with van der Waals surface area (Å²) >= 11 is 0. The van der Waals surface area contributed by atoms with Crippen molar-refractivity contribution in [2.75, 3.05) is 6.54 Å². The largest absolute Gasteiger partial charge is 0.350 e. The van der Waals surface area contributed by atoms with Gasteiger partial charge in [0, 0.05) is 17.6 Å². The first-order valence-electron chi connectivity index (χ1n) is 7.36. The Morgan fingerprint density at radius 2 is 2.00 bits per heavy atom. The lowest BCUT2D eigenvalue weighted by molar-refractivity contribution is 0.0943. The molecule has 2 aromatic rings. The third-order valence-corrected chi connectivity index (χ3v) is 4.04. The first-order chi connectivity index (χ1) is 10.5. The van der Waals surface area contributed by atoms with Crippen LogP contribution in [0.2, 0.25) is 0 Å². The maximum atomic E-state index is 13.9. The Labute approximate surface area is 141 Å². The summed E-state index contributed by atoms with van der Waals surface area (Å²) in [5, 5.41) is 9.36. The van der Waals surface area contributed by atoms with Crippen LogP contribution < -0.4 is 11.1 Å². The molecule has 0 bridgehead atoms. The van der Waals surface area contributed by atoms with Gasteiger partial charge in [-0.25, -0.2) is 4.39 Å². The second-order valence-corrected chi connectivity index (χ2v) is 5.39. The van der Waals surface area contributed by atoms with Gasteiger partial charge in [0.2, 0.25) is 0 Å². The number of amides is 1. The lowest BCUT2D eigenvalue weighted by atomic mass is 9.94. The summed E-state index contributed by atoms with van der Waals surface area (Å²) in [6.45, 7) is 4.33. The standard InChI is InChI=1S/C16H21FN4O.ClH/c1-3-16(18,4-2)10-19-15(22)12-9-20-21-14(12)11-7-5-6-8-13(11)17;/h5-9H,3-4,10,18H2,1-2H3,(H,19,22)(H,20,21);1H. The van der Waals surface area contributed by atoms with E-state index in [1.807, 2.05) is 13.8 Å². The molecule has 1 heterocycles. The summed E-state index contributed by atoms with van der Waals surface area (Å²) in [4.78, 5) is 12.3. The van der Waals surface area contributed by atoms with Crippen LogP contribution in [-0.4, -0.2) is 28.2 Å². The molecular weight excluding hydrogens is 319 g/mol. The minimum absolute atomic E-state index is 0. The van der Waals surface area contributed by atoms with Crippen molar-refractivity contribution in [1.82, 2.24) is 15.5 Å². The average molecular weight is 341 g/mol. The molecule has 1 aromatic heterocycles. The van der Waals surface area contributed by atoms with Gasteiger partial charge >= 0.3 is 0 Å². The van der Waals surface area contributed by atoms with Gasteiger partial charge in [-0.3, -0.25) is 9.89 Å². The highest BCUT2D eigenvalue weighted by atomic mass is 35.5. The van der Waals surface area contributed by atoms with Gasteiger partial charge in [0.1, 0.15) is 5.82 Å². The van der Waals surface area contributed by atoms with E-state index in [1.54, 1.807) is 18.2 Å². The number of carbonyl (C=O) groups is 1. The number of hydrogen-bond acceptors (Lipinski definition) is 3. The van der Waals surface area contributed by atoms with E-state index in [-0.39, 0.29) is 18.3 Å². The van der Waals surface area contributed by atoms with Crippen LogP contribution in [0.5, 0.6) is 0 Å². The molecular formula is C16H22ClFN4O. The Bertz CT molecular complexity index is 655. The number of nitrogens with two attached hydrogens (primary N) is 1. The number of carbonyl (C=O) groups excluding carboxylic acids is 1. The van der Waals surface area contributed by atoms with E-state index in [0.29, 0.717) is 23.4 Å². The van der Waals surface area contributed by atoms with Gasteiger partial charge in [0.25, 0.3) is 5.91 Å². The minimum Gasteiger partial charge on any atom is -0.350 e. The molecule has 0 aliphatic rings. The Hall–Kier alpha value is -1.92. The molecule has 0 unspecified atom stereocenters. The van der Waals surface area contributed by atoms with Crippen LogP contribution in [0, 0.1) is 5.82 Å². The third kappa shape index (κ3) is 4.30. The summed E-state index contributed by atoms with van der Waals surface area (Å²) in [6, 6.07) is 6.25. The van der Waals surface area contributed by atoms with E-state index in [1.165, 1.54) is 12.3 Å². The number of rotatable bonds is 6. The molecule has 1 aromatic carbocycles. The van der Waals surface area contributed by atoms with Crippen molar-refractivity contribution in [3.63, 3.8) is 0 Å². The SMILES string of the molecule is CCC(N)(CC)CNC(=O)c1cn[nH]c1-c1ccccc1F.Cl.